The van der Waals surface area contributed by atoms with Crippen LogP contribution in [0, 0.1) is 17.8 Å². The van der Waals surface area contributed by atoms with Crippen molar-refractivity contribution in [1.29, 1.82) is 0 Å². The summed E-state index contributed by atoms with van der Waals surface area (Å²) in [5, 5.41) is 7.01. The van der Waals surface area contributed by atoms with Gasteiger partial charge >= 0.3 is 0 Å². The van der Waals surface area contributed by atoms with Gasteiger partial charge in [-0.3, -0.25) is 0 Å². The Bertz CT molecular complexity index is 512. The molecule has 4 aliphatic carbocycles. The minimum Gasteiger partial charge on any atom is -0.354 e. The second kappa shape index (κ2) is 4.97. The van der Waals surface area contributed by atoms with E-state index in [9.17, 15) is 0 Å². The van der Waals surface area contributed by atoms with Crippen LogP contribution >= 0.6 is 11.6 Å². The van der Waals surface area contributed by atoms with Crippen LogP contribution in [0.3, 0.4) is 0 Å². The van der Waals surface area contributed by atoms with Crippen LogP contribution in [-0.2, 0) is 0 Å². The van der Waals surface area contributed by atoms with E-state index >= 15 is 0 Å². The zero-order valence-corrected chi connectivity index (χ0v) is 13.2. The number of halogens is 1. The van der Waals surface area contributed by atoms with Crippen LogP contribution < -0.4 is 10.6 Å². The summed E-state index contributed by atoms with van der Waals surface area (Å²) in [6.07, 6.45) is 8.08. The highest BCUT2D eigenvalue weighted by Crippen LogP contribution is 2.56. The fourth-order valence-corrected chi connectivity index (χ4v) is 5.30. The monoisotopic (exact) mass is 307 g/mol. The molecule has 0 amide bonds. The first-order valence-corrected chi connectivity index (χ1v) is 8.45. The first kappa shape index (κ1) is 13.6. The SMILES string of the molecule is CCNc1nc(Cl)nc(NC23CC4CC(CC(C4)C2)C3)n1. The van der Waals surface area contributed by atoms with Crippen LogP contribution in [0.15, 0.2) is 0 Å². The second-order valence-corrected chi connectivity index (χ2v) is 7.44. The van der Waals surface area contributed by atoms with Crippen LogP contribution in [0.2, 0.25) is 5.28 Å². The fourth-order valence-electron chi connectivity index (χ4n) is 5.14. The maximum Gasteiger partial charge on any atom is 0.229 e. The summed E-state index contributed by atoms with van der Waals surface area (Å²) in [5.41, 5.74) is 0.197. The maximum atomic E-state index is 6.03. The van der Waals surface area contributed by atoms with Crippen molar-refractivity contribution in [2.24, 2.45) is 17.8 Å². The average Bonchev–Trinajstić information content (AvgIpc) is 2.35. The molecule has 0 unspecified atom stereocenters. The van der Waals surface area contributed by atoms with E-state index in [0.29, 0.717) is 11.9 Å². The highest BCUT2D eigenvalue weighted by Gasteiger charge is 2.51. The van der Waals surface area contributed by atoms with E-state index in [-0.39, 0.29) is 10.8 Å². The Kier molecular flexibility index (Phi) is 3.21. The van der Waals surface area contributed by atoms with Gasteiger partial charge < -0.3 is 10.6 Å². The minimum absolute atomic E-state index is 0.197. The predicted molar refractivity (Wildman–Crippen MR) is 83.5 cm³/mol. The van der Waals surface area contributed by atoms with Crippen LogP contribution in [0.4, 0.5) is 11.9 Å². The molecule has 114 valence electrons. The Labute approximate surface area is 130 Å². The molecule has 0 saturated heterocycles. The van der Waals surface area contributed by atoms with Crippen molar-refractivity contribution in [3.05, 3.63) is 5.28 Å². The molecule has 0 spiro atoms. The van der Waals surface area contributed by atoms with Gasteiger partial charge in [0.05, 0.1) is 0 Å². The van der Waals surface area contributed by atoms with Gasteiger partial charge in [0.15, 0.2) is 0 Å². The Balaban J connectivity index is 1.58. The van der Waals surface area contributed by atoms with Crippen molar-refractivity contribution in [1.82, 2.24) is 15.0 Å². The van der Waals surface area contributed by atoms with Crippen molar-refractivity contribution in [3.8, 4) is 0 Å². The molecule has 4 bridgehead atoms. The summed E-state index contributed by atoms with van der Waals surface area (Å²) < 4.78 is 0. The molecule has 6 heteroatoms. The van der Waals surface area contributed by atoms with Crippen molar-refractivity contribution in [3.63, 3.8) is 0 Å². The largest absolute Gasteiger partial charge is 0.354 e. The van der Waals surface area contributed by atoms with Crippen molar-refractivity contribution < 1.29 is 0 Å². The Hall–Kier alpha value is -1.10. The molecule has 0 aromatic carbocycles. The number of hydrogen-bond acceptors (Lipinski definition) is 5. The Morgan fingerprint density at radius 1 is 1.00 bits per heavy atom. The minimum atomic E-state index is 0.197. The molecule has 2 N–H and O–H groups in total. The van der Waals surface area contributed by atoms with Gasteiger partial charge in [0.2, 0.25) is 17.2 Å². The topological polar surface area (TPSA) is 62.7 Å². The third kappa shape index (κ3) is 2.56. The summed E-state index contributed by atoms with van der Waals surface area (Å²) >= 11 is 6.03. The zero-order valence-electron chi connectivity index (χ0n) is 12.4. The smallest absolute Gasteiger partial charge is 0.229 e. The van der Waals surface area contributed by atoms with E-state index < -0.39 is 0 Å². The van der Waals surface area contributed by atoms with Crippen molar-refractivity contribution in [2.45, 2.75) is 51.0 Å². The van der Waals surface area contributed by atoms with Gasteiger partial charge in [0.1, 0.15) is 0 Å². The lowest BCUT2D eigenvalue weighted by atomic mass is 9.53. The number of nitrogens with one attached hydrogen (secondary N) is 2. The molecule has 4 fully saturated rings. The van der Waals surface area contributed by atoms with Gasteiger partial charge in [0.25, 0.3) is 0 Å². The zero-order chi connectivity index (χ0) is 14.4. The molecule has 4 saturated carbocycles. The van der Waals surface area contributed by atoms with E-state index in [1.54, 1.807) is 0 Å². The van der Waals surface area contributed by atoms with Gasteiger partial charge in [0, 0.05) is 12.1 Å². The van der Waals surface area contributed by atoms with Gasteiger partial charge in [-0.1, -0.05) is 0 Å². The number of hydrogen-bond donors (Lipinski definition) is 2. The highest BCUT2D eigenvalue weighted by molar-refractivity contribution is 6.28. The lowest BCUT2D eigenvalue weighted by Gasteiger charge is -2.56. The van der Waals surface area contributed by atoms with Crippen molar-refractivity contribution >= 4 is 23.5 Å². The lowest BCUT2D eigenvalue weighted by Crippen LogP contribution is -2.55. The molecule has 1 aromatic heterocycles. The summed E-state index contributed by atoms with van der Waals surface area (Å²) in [5.74, 6) is 3.88. The van der Waals surface area contributed by atoms with Gasteiger partial charge in [-0.25, -0.2) is 0 Å². The lowest BCUT2D eigenvalue weighted by molar-refractivity contribution is 0.0103. The fraction of sp³-hybridized carbons (Fsp3) is 0.800. The summed E-state index contributed by atoms with van der Waals surface area (Å²) in [6, 6.07) is 0. The molecule has 0 atom stereocenters. The highest BCUT2D eigenvalue weighted by atomic mass is 35.5. The molecule has 5 nitrogen and oxygen atoms in total. The van der Waals surface area contributed by atoms with Crippen LogP contribution in [0.25, 0.3) is 0 Å². The van der Waals surface area contributed by atoms with Gasteiger partial charge in [-0.2, -0.15) is 15.0 Å². The quantitative estimate of drug-likeness (QED) is 0.893. The molecule has 0 radical (unpaired) electrons. The normalized spacial score (nSPS) is 36.8. The third-order valence-corrected chi connectivity index (χ3v) is 5.53. The van der Waals surface area contributed by atoms with E-state index in [2.05, 4.69) is 25.6 Å². The molecule has 1 aromatic rings. The summed E-state index contributed by atoms with van der Waals surface area (Å²) in [4.78, 5) is 12.9. The number of aromatic nitrogens is 3. The first-order chi connectivity index (χ1) is 10.1. The van der Waals surface area contributed by atoms with Crippen LogP contribution in [-0.4, -0.2) is 27.0 Å². The van der Waals surface area contributed by atoms with Crippen molar-refractivity contribution in [2.75, 3.05) is 17.2 Å². The van der Waals surface area contributed by atoms with Crippen LogP contribution in [0.1, 0.15) is 45.4 Å². The van der Waals surface area contributed by atoms with E-state index in [1.165, 1.54) is 38.5 Å². The molecule has 21 heavy (non-hydrogen) atoms. The van der Waals surface area contributed by atoms with E-state index in [4.69, 9.17) is 11.6 Å². The average molecular weight is 308 g/mol. The van der Waals surface area contributed by atoms with E-state index in [1.807, 2.05) is 6.92 Å². The Morgan fingerprint density at radius 3 is 2.14 bits per heavy atom. The molecular weight excluding hydrogens is 286 g/mol. The van der Waals surface area contributed by atoms with Crippen LogP contribution in [0.5, 0.6) is 0 Å². The third-order valence-electron chi connectivity index (χ3n) is 5.36. The maximum absolute atomic E-state index is 6.03. The molecule has 4 aliphatic rings. The number of nitrogens with zero attached hydrogens (tertiary/aromatic N) is 3. The second-order valence-electron chi connectivity index (χ2n) is 7.10. The van der Waals surface area contributed by atoms with E-state index in [0.717, 1.165) is 24.3 Å². The molecular formula is C15H22ClN5. The Morgan fingerprint density at radius 2 is 1.57 bits per heavy atom. The molecule has 1 heterocycles. The predicted octanol–water partition coefficient (Wildman–Crippen LogP) is 3.34. The standard InChI is InChI=1S/C15H22ClN5/c1-2-17-13-18-12(16)19-14(20-13)21-15-6-9-3-10(7-15)5-11(4-9)8-15/h9-11H,2-8H2,1H3,(H2,17,18,19,20,21). The number of anilines is 2. The summed E-state index contributed by atoms with van der Waals surface area (Å²) in [6.45, 7) is 2.79. The first-order valence-electron chi connectivity index (χ1n) is 8.08. The molecule has 0 aliphatic heterocycles. The number of rotatable bonds is 4. The van der Waals surface area contributed by atoms with Gasteiger partial charge in [-0.15, -0.1) is 0 Å². The summed E-state index contributed by atoms with van der Waals surface area (Å²) in [7, 11) is 0. The molecule has 5 rings (SSSR count). The van der Waals surface area contributed by atoms with Gasteiger partial charge in [-0.05, 0) is 74.8 Å².